The molecular formula is C16H29IN6O2. The summed E-state index contributed by atoms with van der Waals surface area (Å²) in [5, 5.41) is 10.6. The number of aryl methyl sites for hydroxylation is 2. The first-order valence-corrected chi connectivity index (χ1v) is 7.86. The van der Waals surface area contributed by atoms with Gasteiger partial charge >= 0.3 is 0 Å². The Balaban J connectivity index is 0.00000576. The Morgan fingerprint density at radius 2 is 2.12 bits per heavy atom. The smallest absolute Gasteiger partial charge is 0.241 e. The molecule has 1 amide bonds. The zero-order chi connectivity index (χ0) is 18.1. The minimum atomic E-state index is -0.0312. The number of amides is 1. The lowest BCUT2D eigenvalue weighted by molar-refractivity contribution is -0.127. The van der Waals surface area contributed by atoms with E-state index in [4.69, 9.17) is 4.74 Å². The Kier molecular flexibility index (Phi) is 10.9. The minimum Gasteiger partial charge on any atom is -0.481 e. The number of methoxy groups -OCH3 is 1. The van der Waals surface area contributed by atoms with Crippen LogP contribution in [0.5, 0.6) is 5.88 Å². The second-order valence-corrected chi connectivity index (χ2v) is 5.39. The molecule has 0 saturated heterocycles. The molecule has 142 valence electrons. The van der Waals surface area contributed by atoms with E-state index in [0.29, 0.717) is 24.9 Å². The average molecular weight is 464 g/mol. The molecule has 0 spiro atoms. The number of carbonyl (C=O) groups excluding carboxylic acids is 1. The third-order valence-corrected chi connectivity index (χ3v) is 3.41. The predicted octanol–water partition coefficient (Wildman–Crippen LogP) is 0.918. The van der Waals surface area contributed by atoms with E-state index < -0.39 is 0 Å². The van der Waals surface area contributed by atoms with Crippen molar-refractivity contribution in [2.45, 2.75) is 19.9 Å². The van der Waals surface area contributed by atoms with E-state index in [2.05, 4.69) is 27.3 Å². The summed E-state index contributed by atoms with van der Waals surface area (Å²) in [6.07, 6.45) is 2.52. The molecular weight excluding hydrogens is 435 g/mol. The summed E-state index contributed by atoms with van der Waals surface area (Å²) in [5.74, 6) is 1.21. The van der Waals surface area contributed by atoms with Crippen LogP contribution in [0.2, 0.25) is 0 Å². The first kappa shape index (κ1) is 23.2. The van der Waals surface area contributed by atoms with E-state index in [9.17, 15) is 4.79 Å². The zero-order valence-electron chi connectivity index (χ0n) is 15.6. The van der Waals surface area contributed by atoms with E-state index in [1.165, 1.54) is 4.90 Å². The third kappa shape index (κ3) is 6.92. The number of halogens is 1. The topological polar surface area (TPSA) is 83.8 Å². The summed E-state index contributed by atoms with van der Waals surface area (Å²) in [6.45, 7) is 6.84. The van der Waals surface area contributed by atoms with E-state index in [1.807, 2.05) is 14.0 Å². The molecule has 0 bridgehead atoms. The molecule has 25 heavy (non-hydrogen) atoms. The summed E-state index contributed by atoms with van der Waals surface area (Å²) in [6, 6.07) is 0. The Morgan fingerprint density at radius 1 is 1.44 bits per heavy atom. The van der Waals surface area contributed by atoms with Gasteiger partial charge < -0.3 is 20.3 Å². The van der Waals surface area contributed by atoms with Crippen molar-refractivity contribution in [3.05, 3.63) is 23.9 Å². The van der Waals surface area contributed by atoms with Gasteiger partial charge in [-0.25, -0.2) is 9.67 Å². The molecule has 0 aliphatic carbocycles. The van der Waals surface area contributed by atoms with Crippen molar-refractivity contribution < 1.29 is 9.53 Å². The molecule has 2 N–H and O–H groups in total. The van der Waals surface area contributed by atoms with Crippen molar-refractivity contribution in [2.24, 2.45) is 12.0 Å². The lowest BCUT2D eigenvalue weighted by Crippen LogP contribution is -2.43. The number of ether oxygens (including phenoxy) is 1. The molecule has 0 aliphatic heterocycles. The fourth-order valence-electron chi connectivity index (χ4n) is 2.12. The first-order valence-electron chi connectivity index (χ1n) is 7.86. The quantitative estimate of drug-likeness (QED) is 0.259. The summed E-state index contributed by atoms with van der Waals surface area (Å²) in [5.41, 5.74) is 1.90. The van der Waals surface area contributed by atoms with Crippen LogP contribution >= 0.6 is 24.0 Å². The van der Waals surface area contributed by atoms with Gasteiger partial charge in [0.2, 0.25) is 11.8 Å². The van der Waals surface area contributed by atoms with Crippen molar-refractivity contribution in [1.82, 2.24) is 25.3 Å². The van der Waals surface area contributed by atoms with Gasteiger partial charge in [0, 0.05) is 27.7 Å². The van der Waals surface area contributed by atoms with Crippen molar-refractivity contribution in [1.29, 1.82) is 0 Å². The van der Waals surface area contributed by atoms with Crippen LogP contribution in [0, 0.1) is 0 Å². The molecule has 0 aliphatic rings. The molecule has 9 heteroatoms. The van der Waals surface area contributed by atoms with E-state index >= 15 is 0 Å². The van der Waals surface area contributed by atoms with Crippen LogP contribution < -0.4 is 15.4 Å². The first-order chi connectivity index (χ1) is 11.4. The number of aliphatic imine (C=N–C) groups is 1. The molecule has 1 aromatic heterocycles. The fourth-order valence-corrected chi connectivity index (χ4v) is 2.12. The Hall–Kier alpha value is -1.78. The highest BCUT2D eigenvalue weighted by Crippen LogP contribution is 2.22. The molecule has 1 rings (SSSR count). The van der Waals surface area contributed by atoms with Gasteiger partial charge in [0.05, 0.1) is 31.5 Å². The van der Waals surface area contributed by atoms with Crippen molar-refractivity contribution in [3.8, 4) is 5.88 Å². The number of likely N-dealkylation sites (N-methyl/N-ethyl adjacent to an activating group) is 1. The third-order valence-electron chi connectivity index (χ3n) is 3.41. The number of guanidine groups is 1. The second kappa shape index (κ2) is 11.7. The van der Waals surface area contributed by atoms with Crippen LogP contribution in [0.1, 0.15) is 18.2 Å². The van der Waals surface area contributed by atoms with Gasteiger partial charge in [-0.3, -0.25) is 4.79 Å². The summed E-state index contributed by atoms with van der Waals surface area (Å²) in [4.78, 5) is 17.8. The largest absolute Gasteiger partial charge is 0.481 e. The Morgan fingerprint density at radius 3 is 2.64 bits per heavy atom. The zero-order valence-corrected chi connectivity index (χ0v) is 18.0. The van der Waals surface area contributed by atoms with Crippen LogP contribution in [-0.2, 0) is 24.8 Å². The van der Waals surface area contributed by atoms with Gasteiger partial charge in [0.25, 0.3) is 0 Å². The maximum absolute atomic E-state index is 11.7. The number of hydrogen-bond donors (Lipinski definition) is 2. The van der Waals surface area contributed by atoms with Gasteiger partial charge in [0.15, 0.2) is 5.96 Å². The Bertz CT molecular complexity index is 598. The molecule has 0 saturated carbocycles. The van der Waals surface area contributed by atoms with Gasteiger partial charge in [0.1, 0.15) is 0 Å². The maximum atomic E-state index is 11.7. The highest BCUT2D eigenvalue weighted by Gasteiger charge is 2.15. The lowest BCUT2D eigenvalue weighted by atomic mass is 10.2. The average Bonchev–Trinajstić information content (AvgIpc) is 2.88. The standard InChI is InChI=1S/C16H28N6O2.HI/c1-7-9-17-16(19-11-14(23)21(3)4)18-10-12-13(8-2)20-22(5)15(12)24-6;/h7H,1,8-11H2,2-6H3,(H2,17,18,19);1H. The van der Waals surface area contributed by atoms with Crippen LogP contribution in [-0.4, -0.2) is 60.8 Å². The molecule has 0 unspecified atom stereocenters. The predicted molar refractivity (Wildman–Crippen MR) is 111 cm³/mol. The highest BCUT2D eigenvalue weighted by molar-refractivity contribution is 14.0. The molecule has 0 radical (unpaired) electrons. The number of aromatic nitrogens is 2. The minimum absolute atomic E-state index is 0. The number of rotatable bonds is 8. The monoisotopic (exact) mass is 464 g/mol. The fraction of sp³-hybridized carbons (Fsp3) is 0.562. The van der Waals surface area contributed by atoms with Crippen LogP contribution in [0.25, 0.3) is 0 Å². The summed E-state index contributed by atoms with van der Waals surface area (Å²) in [7, 11) is 6.89. The normalized spacial score (nSPS) is 10.7. The number of carbonyl (C=O) groups is 1. The molecule has 8 nitrogen and oxygen atoms in total. The van der Waals surface area contributed by atoms with Crippen molar-refractivity contribution in [2.75, 3.05) is 34.3 Å². The summed E-state index contributed by atoms with van der Waals surface area (Å²) >= 11 is 0. The SMILES string of the molecule is C=CCNC(=NCc1c(CC)nn(C)c1OC)NCC(=O)N(C)C.I. The van der Waals surface area contributed by atoms with Gasteiger partial charge in [-0.2, -0.15) is 5.10 Å². The molecule has 1 aromatic rings. The molecule has 0 atom stereocenters. The van der Waals surface area contributed by atoms with Gasteiger partial charge in [-0.15, -0.1) is 30.6 Å². The van der Waals surface area contributed by atoms with E-state index in [-0.39, 0.29) is 36.4 Å². The maximum Gasteiger partial charge on any atom is 0.241 e. The molecule has 1 heterocycles. The van der Waals surface area contributed by atoms with E-state index in [1.54, 1.807) is 32.0 Å². The van der Waals surface area contributed by atoms with Crippen molar-refractivity contribution >= 4 is 35.8 Å². The van der Waals surface area contributed by atoms with Crippen LogP contribution in [0.3, 0.4) is 0 Å². The Labute approximate surface area is 166 Å². The molecule has 0 fully saturated rings. The number of nitrogens with zero attached hydrogens (tertiary/aromatic N) is 4. The lowest BCUT2D eigenvalue weighted by Gasteiger charge is -2.14. The number of hydrogen-bond acceptors (Lipinski definition) is 4. The van der Waals surface area contributed by atoms with Gasteiger partial charge in [-0.1, -0.05) is 13.0 Å². The molecule has 0 aromatic carbocycles. The van der Waals surface area contributed by atoms with E-state index in [0.717, 1.165) is 17.7 Å². The van der Waals surface area contributed by atoms with Crippen LogP contribution in [0.4, 0.5) is 0 Å². The number of nitrogens with one attached hydrogen (secondary N) is 2. The van der Waals surface area contributed by atoms with Crippen molar-refractivity contribution in [3.63, 3.8) is 0 Å². The van der Waals surface area contributed by atoms with Crippen LogP contribution in [0.15, 0.2) is 17.6 Å². The van der Waals surface area contributed by atoms with Gasteiger partial charge in [-0.05, 0) is 6.42 Å². The summed E-state index contributed by atoms with van der Waals surface area (Å²) < 4.78 is 7.13. The highest BCUT2D eigenvalue weighted by atomic mass is 127. The second-order valence-electron chi connectivity index (χ2n) is 5.39.